The van der Waals surface area contributed by atoms with Crippen LogP contribution in [-0.2, 0) is 19.1 Å². The molecule has 2 aromatic heterocycles. The van der Waals surface area contributed by atoms with E-state index in [-0.39, 0.29) is 12.6 Å². The topological polar surface area (TPSA) is 79.2 Å². The predicted molar refractivity (Wildman–Crippen MR) is 82.2 cm³/mol. The van der Waals surface area contributed by atoms with Crippen molar-refractivity contribution in [3.05, 3.63) is 40.3 Å². The van der Waals surface area contributed by atoms with Crippen molar-refractivity contribution < 1.29 is 9.90 Å². The summed E-state index contributed by atoms with van der Waals surface area (Å²) in [4.78, 5) is 11.7. The van der Waals surface area contributed by atoms with Gasteiger partial charge in [0.2, 0.25) is 0 Å². The Labute approximate surface area is 127 Å². The van der Waals surface area contributed by atoms with Crippen molar-refractivity contribution in [3.8, 4) is 0 Å². The van der Waals surface area contributed by atoms with Gasteiger partial charge in [-0.1, -0.05) is 0 Å². The van der Waals surface area contributed by atoms with Gasteiger partial charge in [0.25, 0.3) is 0 Å². The minimum Gasteiger partial charge on any atom is -0.384 e. The summed E-state index contributed by atoms with van der Waals surface area (Å²) in [6.07, 6.45) is 4.42. The number of carbonyl (C=O) groups is 1. The van der Waals surface area contributed by atoms with E-state index in [1.807, 2.05) is 30.1 Å². The van der Waals surface area contributed by atoms with Gasteiger partial charge in [0.15, 0.2) is 0 Å². The molecule has 6 nitrogen and oxygen atoms in total. The van der Waals surface area contributed by atoms with Crippen LogP contribution in [-0.4, -0.2) is 34.0 Å². The van der Waals surface area contributed by atoms with Gasteiger partial charge in [-0.3, -0.25) is 4.68 Å². The van der Waals surface area contributed by atoms with Crippen LogP contribution in [0.2, 0.25) is 0 Å². The Bertz CT molecular complexity index is 578. The lowest BCUT2D eigenvalue weighted by Gasteiger charge is -2.22. The van der Waals surface area contributed by atoms with Gasteiger partial charge in [-0.15, -0.1) is 0 Å². The molecule has 3 N–H and O–H groups in total. The lowest BCUT2D eigenvalue weighted by atomic mass is 9.99. The molecule has 0 radical (unpaired) electrons. The number of aryl methyl sites for hydroxylation is 1. The minimum atomic E-state index is -1.05. The maximum atomic E-state index is 11.7. The lowest BCUT2D eigenvalue weighted by Crippen LogP contribution is -2.43. The predicted octanol–water partition coefficient (Wildman–Crippen LogP) is 1.23. The molecule has 7 heteroatoms. The largest absolute Gasteiger partial charge is 0.384 e. The number of hydrogen-bond acceptors (Lipinski definition) is 4. The van der Waals surface area contributed by atoms with Gasteiger partial charge in [0.1, 0.15) is 5.60 Å². The van der Waals surface area contributed by atoms with Crippen LogP contribution in [0.5, 0.6) is 0 Å². The molecule has 2 amide bonds. The number of hydrogen-bond donors (Lipinski definition) is 3. The van der Waals surface area contributed by atoms with Gasteiger partial charge in [0, 0.05) is 19.8 Å². The van der Waals surface area contributed by atoms with Gasteiger partial charge in [0.05, 0.1) is 12.7 Å². The summed E-state index contributed by atoms with van der Waals surface area (Å²) in [5.74, 6) is 0. The molecule has 0 saturated carbocycles. The molecule has 0 aliphatic heterocycles. The van der Waals surface area contributed by atoms with Crippen LogP contribution >= 0.6 is 11.3 Å². The second-order valence-corrected chi connectivity index (χ2v) is 5.95. The Kier molecular flexibility index (Phi) is 4.98. The SMILES string of the molecule is Cn1cc(CCNC(=O)NCC(C)(O)c2ccsc2)cn1. The molecule has 2 heterocycles. The Balaban J connectivity index is 1.70. The molecule has 114 valence electrons. The molecule has 2 rings (SSSR count). The van der Waals surface area contributed by atoms with Gasteiger partial charge < -0.3 is 15.7 Å². The highest BCUT2D eigenvalue weighted by atomic mass is 32.1. The average molecular weight is 308 g/mol. The average Bonchev–Trinajstić information content (AvgIpc) is 3.08. The summed E-state index contributed by atoms with van der Waals surface area (Å²) in [5.41, 5.74) is 0.826. The molecule has 0 aliphatic rings. The molecular formula is C14H20N4O2S. The van der Waals surface area contributed by atoms with Crippen molar-refractivity contribution >= 4 is 17.4 Å². The van der Waals surface area contributed by atoms with Crippen molar-refractivity contribution in [2.45, 2.75) is 18.9 Å². The number of aromatic nitrogens is 2. The van der Waals surface area contributed by atoms with Gasteiger partial charge in [-0.2, -0.15) is 16.4 Å². The van der Waals surface area contributed by atoms with Crippen molar-refractivity contribution in [3.63, 3.8) is 0 Å². The summed E-state index contributed by atoms with van der Waals surface area (Å²) in [5, 5.41) is 23.6. The number of nitrogens with one attached hydrogen (secondary N) is 2. The summed E-state index contributed by atoms with van der Waals surface area (Å²) in [7, 11) is 1.86. The zero-order chi connectivity index (χ0) is 15.3. The van der Waals surface area contributed by atoms with E-state index >= 15 is 0 Å². The van der Waals surface area contributed by atoms with Crippen LogP contribution in [0.1, 0.15) is 18.1 Å². The Morgan fingerprint density at radius 2 is 2.33 bits per heavy atom. The Hall–Kier alpha value is -1.86. The first-order valence-corrected chi connectivity index (χ1v) is 7.66. The third-order valence-electron chi connectivity index (χ3n) is 3.19. The molecule has 21 heavy (non-hydrogen) atoms. The number of aliphatic hydroxyl groups is 1. The highest BCUT2D eigenvalue weighted by molar-refractivity contribution is 7.08. The fraction of sp³-hybridized carbons (Fsp3) is 0.429. The second-order valence-electron chi connectivity index (χ2n) is 5.17. The van der Waals surface area contributed by atoms with Gasteiger partial charge in [-0.05, 0) is 41.3 Å². The molecule has 0 spiro atoms. The summed E-state index contributed by atoms with van der Waals surface area (Å²) < 4.78 is 1.73. The van der Waals surface area contributed by atoms with Gasteiger partial charge >= 0.3 is 6.03 Å². The monoisotopic (exact) mass is 308 g/mol. The molecule has 0 fully saturated rings. The first-order valence-electron chi connectivity index (χ1n) is 6.71. The first kappa shape index (κ1) is 15.5. The Morgan fingerprint density at radius 1 is 1.52 bits per heavy atom. The van der Waals surface area contributed by atoms with E-state index in [1.165, 1.54) is 11.3 Å². The first-order chi connectivity index (χ1) is 9.97. The molecule has 0 aromatic carbocycles. The standard InChI is InChI=1S/C14H20N4O2S/c1-14(20,12-4-6-21-9-12)10-16-13(19)15-5-3-11-7-17-18(2)8-11/h4,6-9,20H,3,5,10H2,1-2H3,(H2,15,16,19). The van der Waals surface area contributed by atoms with E-state index in [9.17, 15) is 9.90 Å². The number of rotatable bonds is 6. The van der Waals surface area contributed by atoms with Crippen molar-refractivity contribution in [2.75, 3.05) is 13.1 Å². The van der Waals surface area contributed by atoms with Crippen LogP contribution in [0.15, 0.2) is 29.2 Å². The second kappa shape index (κ2) is 6.73. The lowest BCUT2D eigenvalue weighted by molar-refractivity contribution is 0.0598. The van der Waals surface area contributed by atoms with E-state index in [2.05, 4.69) is 15.7 Å². The molecule has 1 unspecified atom stereocenters. The van der Waals surface area contributed by atoms with Crippen molar-refractivity contribution in [1.29, 1.82) is 0 Å². The molecule has 0 aliphatic carbocycles. The van der Waals surface area contributed by atoms with Crippen molar-refractivity contribution in [1.82, 2.24) is 20.4 Å². The highest BCUT2D eigenvalue weighted by Gasteiger charge is 2.23. The van der Waals surface area contributed by atoms with E-state index < -0.39 is 5.60 Å². The number of carbonyl (C=O) groups excluding carboxylic acids is 1. The third-order valence-corrected chi connectivity index (χ3v) is 3.88. The maximum absolute atomic E-state index is 11.7. The normalized spacial score (nSPS) is 13.7. The maximum Gasteiger partial charge on any atom is 0.314 e. The fourth-order valence-electron chi connectivity index (χ4n) is 1.91. The number of thiophene rings is 1. The quantitative estimate of drug-likeness (QED) is 0.751. The summed E-state index contributed by atoms with van der Waals surface area (Å²) in [6.45, 7) is 2.38. The number of urea groups is 1. The van der Waals surface area contributed by atoms with E-state index in [0.29, 0.717) is 6.54 Å². The summed E-state index contributed by atoms with van der Waals surface area (Å²) in [6, 6.07) is 1.57. The number of amides is 2. The zero-order valence-electron chi connectivity index (χ0n) is 12.2. The summed E-state index contributed by atoms with van der Waals surface area (Å²) >= 11 is 1.52. The molecule has 1 atom stereocenters. The highest BCUT2D eigenvalue weighted by Crippen LogP contribution is 2.21. The van der Waals surface area contributed by atoms with Crippen LogP contribution in [0.3, 0.4) is 0 Å². The van der Waals surface area contributed by atoms with Crippen LogP contribution in [0.25, 0.3) is 0 Å². The number of nitrogens with zero attached hydrogens (tertiary/aromatic N) is 2. The molecule has 0 saturated heterocycles. The van der Waals surface area contributed by atoms with Gasteiger partial charge in [-0.25, -0.2) is 4.79 Å². The molecule has 2 aromatic rings. The van der Waals surface area contributed by atoms with Crippen LogP contribution in [0.4, 0.5) is 4.79 Å². The van der Waals surface area contributed by atoms with E-state index in [1.54, 1.807) is 17.8 Å². The smallest absolute Gasteiger partial charge is 0.314 e. The minimum absolute atomic E-state index is 0.169. The van der Waals surface area contributed by atoms with Crippen LogP contribution in [0, 0.1) is 0 Å². The van der Waals surface area contributed by atoms with E-state index in [0.717, 1.165) is 17.5 Å². The molecular weight excluding hydrogens is 288 g/mol. The molecule has 0 bridgehead atoms. The third kappa shape index (κ3) is 4.57. The van der Waals surface area contributed by atoms with Crippen LogP contribution < -0.4 is 10.6 Å². The Morgan fingerprint density at radius 3 is 2.95 bits per heavy atom. The zero-order valence-corrected chi connectivity index (χ0v) is 13.0. The van der Waals surface area contributed by atoms with E-state index in [4.69, 9.17) is 0 Å². The fourth-order valence-corrected chi connectivity index (χ4v) is 2.69. The van der Waals surface area contributed by atoms with Crippen molar-refractivity contribution in [2.24, 2.45) is 7.05 Å².